The Labute approximate surface area is 269 Å². The van der Waals surface area contributed by atoms with Crippen molar-refractivity contribution in [3.8, 4) is 11.5 Å². The van der Waals surface area contributed by atoms with Gasteiger partial charge in [0.1, 0.15) is 23.9 Å². The third-order valence-corrected chi connectivity index (χ3v) is 7.97. The van der Waals surface area contributed by atoms with Gasteiger partial charge in [-0.2, -0.15) is 0 Å². The van der Waals surface area contributed by atoms with Crippen LogP contribution in [-0.2, 0) is 21.5 Å². The number of anilines is 1. The number of ether oxygens (including phenoxy) is 3. The summed E-state index contributed by atoms with van der Waals surface area (Å²) >= 11 is 0. The van der Waals surface area contributed by atoms with Crippen LogP contribution in [-0.4, -0.2) is 69.1 Å². The van der Waals surface area contributed by atoms with Gasteiger partial charge in [0.25, 0.3) is 17.6 Å². The lowest BCUT2D eigenvalue weighted by molar-refractivity contribution is -0.112. The zero-order valence-corrected chi connectivity index (χ0v) is 27.0. The summed E-state index contributed by atoms with van der Waals surface area (Å²) in [7, 11) is 1.42. The number of hydrogen-bond donors (Lipinski definition) is 2. The smallest absolute Gasteiger partial charge is 0.296 e. The third kappa shape index (κ3) is 7.58. The second kappa shape index (κ2) is 14.2. The number of hydrogen-bond acceptors (Lipinski definition) is 8. The lowest BCUT2D eigenvalue weighted by atomic mass is 9.85. The maximum Gasteiger partial charge on any atom is 0.296 e. The van der Waals surface area contributed by atoms with E-state index >= 15 is 0 Å². The maximum atomic E-state index is 13.7. The minimum Gasteiger partial charge on any atom is -0.494 e. The van der Waals surface area contributed by atoms with Crippen molar-refractivity contribution in [1.29, 1.82) is 0 Å². The van der Waals surface area contributed by atoms with E-state index in [1.165, 1.54) is 7.11 Å². The molecule has 0 radical (unpaired) electrons. The molecule has 0 unspecified atom stereocenters. The van der Waals surface area contributed by atoms with Crippen molar-refractivity contribution >= 4 is 34.1 Å². The van der Waals surface area contributed by atoms with Crippen molar-refractivity contribution in [2.45, 2.75) is 39.7 Å². The first-order chi connectivity index (χ1) is 22.0. The van der Waals surface area contributed by atoms with Gasteiger partial charge in [-0.25, -0.2) is 0 Å². The Balaban J connectivity index is 1.38. The normalized spacial score (nSPS) is 13.8. The summed E-state index contributed by atoms with van der Waals surface area (Å²) in [5.74, 6) is 0.152. The van der Waals surface area contributed by atoms with E-state index in [9.17, 15) is 14.4 Å². The fraction of sp³-hybridized carbons (Fsp3) is 0.361. The third-order valence-electron chi connectivity index (χ3n) is 7.97. The number of carbonyl (C=O) groups excluding carboxylic acids is 3. The monoisotopic (exact) mass is 627 g/mol. The highest BCUT2D eigenvalue weighted by atomic mass is 16.5. The van der Waals surface area contributed by atoms with Gasteiger partial charge in [0, 0.05) is 30.6 Å². The van der Waals surface area contributed by atoms with Gasteiger partial charge in [-0.3, -0.25) is 19.3 Å². The summed E-state index contributed by atoms with van der Waals surface area (Å²) in [4.78, 5) is 42.9. The molecule has 5 rings (SSSR count). The summed E-state index contributed by atoms with van der Waals surface area (Å²) in [6, 6.07) is 17.8. The average Bonchev–Trinajstić information content (AvgIpc) is 3.47. The highest BCUT2D eigenvalue weighted by molar-refractivity contribution is 6.48. The number of furan rings is 1. The summed E-state index contributed by atoms with van der Waals surface area (Å²) in [5, 5.41) is 6.94. The van der Waals surface area contributed by atoms with Crippen LogP contribution in [0.15, 0.2) is 65.1 Å². The molecule has 10 heteroatoms. The van der Waals surface area contributed by atoms with Gasteiger partial charge in [-0.05, 0) is 59.7 Å². The summed E-state index contributed by atoms with van der Waals surface area (Å²) < 4.78 is 22.7. The molecule has 0 aliphatic carbocycles. The number of benzene rings is 3. The van der Waals surface area contributed by atoms with Gasteiger partial charge in [-0.15, -0.1) is 0 Å². The van der Waals surface area contributed by atoms with Crippen LogP contribution in [0.5, 0.6) is 11.5 Å². The number of nitrogens with zero attached hydrogens (tertiary/aromatic N) is 1. The summed E-state index contributed by atoms with van der Waals surface area (Å²) in [6.07, 6.45) is 0. The molecule has 1 saturated heterocycles. The predicted octanol–water partition coefficient (Wildman–Crippen LogP) is 5.51. The molecule has 0 atom stereocenters. The summed E-state index contributed by atoms with van der Waals surface area (Å²) in [6.45, 7) is 12.4. The lowest BCUT2D eigenvalue weighted by Gasteiger charge is -2.26. The van der Waals surface area contributed by atoms with Gasteiger partial charge in [0.05, 0.1) is 38.1 Å². The number of aryl methyl sites for hydroxylation is 1. The van der Waals surface area contributed by atoms with Crippen LogP contribution < -0.4 is 20.1 Å². The molecular formula is C36H41N3O7. The standard InChI is InChI=1S/C36H41N3O7/c1-23-10-11-25(46-23)22-37-34(41)29-20-24(36(2,3)4)21-30(33(29)43-5)38-35(42)32(40)28-12-13-31(27-9-7-6-8-26(27)28)45-19-16-39-14-17-44-18-15-39/h6-13,20-21H,14-19,22H2,1-5H3,(H,37,41)(H,38,42). The fourth-order valence-corrected chi connectivity index (χ4v) is 5.39. The zero-order chi connectivity index (χ0) is 32.8. The predicted molar refractivity (Wildman–Crippen MR) is 176 cm³/mol. The molecule has 2 heterocycles. The van der Waals surface area contributed by atoms with Crippen LogP contribution in [0.3, 0.4) is 0 Å². The molecule has 0 saturated carbocycles. The molecule has 1 aromatic heterocycles. The second-order valence-corrected chi connectivity index (χ2v) is 12.3. The molecule has 4 aromatic rings. The highest BCUT2D eigenvalue weighted by Crippen LogP contribution is 2.36. The Hall–Kier alpha value is -4.67. The van der Waals surface area contributed by atoms with Gasteiger partial charge in [0.2, 0.25) is 0 Å². The van der Waals surface area contributed by atoms with Gasteiger partial charge >= 0.3 is 0 Å². The number of methoxy groups -OCH3 is 1. The van der Waals surface area contributed by atoms with Crippen molar-refractivity contribution in [1.82, 2.24) is 10.2 Å². The van der Waals surface area contributed by atoms with Crippen molar-refractivity contribution in [3.05, 3.63) is 88.9 Å². The van der Waals surface area contributed by atoms with E-state index in [0.29, 0.717) is 36.7 Å². The molecule has 46 heavy (non-hydrogen) atoms. The van der Waals surface area contributed by atoms with Gasteiger partial charge in [0.15, 0.2) is 5.75 Å². The second-order valence-electron chi connectivity index (χ2n) is 12.3. The number of carbonyl (C=O) groups is 3. The number of nitrogens with one attached hydrogen (secondary N) is 2. The molecule has 10 nitrogen and oxygen atoms in total. The van der Waals surface area contributed by atoms with Crippen LogP contribution in [0.25, 0.3) is 10.8 Å². The number of rotatable bonds is 11. The van der Waals surface area contributed by atoms with Crippen LogP contribution in [0.2, 0.25) is 0 Å². The van der Waals surface area contributed by atoms with Gasteiger partial charge in [-0.1, -0.05) is 45.0 Å². The minimum absolute atomic E-state index is 0.149. The van der Waals surface area contributed by atoms with E-state index in [4.69, 9.17) is 18.6 Å². The first-order valence-corrected chi connectivity index (χ1v) is 15.4. The molecular weight excluding hydrogens is 586 g/mol. The molecule has 1 aliphatic heterocycles. The highest BCUT2D eigenvalue weighted by Gasteiger charge is 2.27. The van der Waals surface area contributed by atoms with Crippen LogP contribution in [0, 0.1) is 6.92 Å². The number of morpholine rings is 1. The lowest BCUT2D eigenvalue weighted by Crippen LogP contribution is -2.38. The number of fused-ring (bicyclic) bond motifs is 1. The Morgan fingerprint density at radius 2 is 1.67 bits per heavy atom. The van der Waals surface area contributed by atoms with Crippen LogP contribution in [0.4, 0.5) is 5.69 Å². The van der Waals surface area contributed by atoms with Crippen molar-refractivity contribution in [2.75, 3.05) is 51.9 Å². The van der Waals surface area contributed by atoms with Gasteiger partial charge < -0.3 is 29.3 Å². The van der Waals surface area contributed by atoms with E-state index in [1.54, 1.807) is 36.4 Å². The maximum absolute atomic E-state index is 13.7. The molecule has 3 aromatic carbocycles. The molecule has 1 fully saturated rings. The molecule has 1 aliphatic rings. The summed E-state index contributed by atoms with van der Waals surface area (Å²) in [5.41, 5.74) is 1.09. The largest absolute Gasteiger partial charge is 0.494 e. The van der Waals surface area contributed by atoms with Crippen LogP contribution >= 0.6 is 0 Å². The first kappa shape index (κ1) is 32.7. The zero-order valence-electron chi connectivity index (χ0n) is 27.0. The Morgan fingerprint density at radius 3 is 2.35 bits per heavy atom. The number of amides is 2. The Bertz CT molecular complexity index is 1730. The molecule has 0 spiro atoms. The topological polar surface area (TPSA) is 119 Å². The molecule has 2 N–H and O–H groups in total. The van der Waals surface area contributed by atoms with E-state index in [0.717, 1.165) is 36.3 Å². The average molecular weight is 628 g/mol. The van der Waals surface area contributed by atoms with E-state index < -0.39 is 17.6 Å². The Kier molecular flexibility index (Phi) is 10.1. The quantitative estimate of drug-likeness (QED) is 0.165. The molecule has 242 valence electrons. The first-order valence-electron chi connectivity index (χ1n) is 15.4. The fourth-order valence-electron chi connectivity index (χ4n) is 5.39. The molecule has 0 bridgehead atoms. The van der Waals surface area contributed by atoms with E-state index in [1.807, 2.05) is 52.0 Å². The van der Waals surface area contributed by atoms with E-state index in [2.05, 4.69) is 15.5 Å². The number of ketones is 1. The Morgan fingerprint density at radius 1 is 0.935 bits per heavy atom. The molecule has 2 amide bonds. The van der Waals surface area contributed by atoms with Crippen LogP contribution in [0.1, 0.15) is 58.6 Å². The number of Topliss-reactive ketones (excluding diaryl/α,β-unsaturated/α-hetero) is 1. The minimum atomic E-state index is -0.854. The SMILES string of the molecule is COc1c(NC(=O)C(=O)c2ccc(OCCN3CCOCC3)c3ccccc23)cc(C(C)(C)C)cc1C(=O)NCc1ccc(C)o1. The van der Waals surface area contributed by atoms with E-state index in [-0.39, 0.29) is 34.5 Å². The van der Waals surface area contributed by atoms with Crippen molar-refractivity contribution in [2.24, 2.45) is 0 Å². The van der Waals surface area contributed by atoms with Crippen molar-refractivity contribution in [3.63, 3.8) is 0 Å². The van der Waals surface area contributed by atoms with Crippen molar-refractivity contribution < 1.29 is 33.0 Å².